The van der Waals surface area contributed by atoms with Gasteiger partial charge in [-0.05, 0) is 17.7 Å². The first-order chi connectivity index (χ1) is 8.88. The average Bonchev–Trinajstić information content (AvgIpc) is 2.93. The van der Waals surface area contributed by atoms with Gasteiger partial charge < -0.3 is 14.5 Å². The molecule has 6 heteroatoms. The van der Waals surface area contributed by atoms with Gasteiger partial charge in [0.15, 0.2) is 11.5 Å². The lowest BCUT2D eigenvalue weighted by Gasteiger charge is -2.21. The number of imidazole rings is 1. The predicted octanol–water partition coefficient (Wildman–Crippen LogP) is 0.734. The molecule has 18 heavy (non-hydrogen) atoms. The van der Waals surface area contributed by atoms with Crippen molar-refractivity contribution in [3.05, 3.63) is 42.0 Å². The monoisotopic (exact) mass is 246 g/mol. The van der Waals surface area contributed by atoms with Crippen molar-refractivity contribution < 1.29 is 9.47 Å². The first-order valence-electron chi connectivity index (χ1n) is 5.73. The molecule has 2 aromatic rings. The van der Waals surface area contributed by atoms with Gasteiger partial charge in [-0.25, -0.2) is 10.4 Å². The number of rotatable bonds is 3. The van der Waals surface area contributed by atoms with Gasteiger partial charge in [0.05, 0.1) is 0 Å². The third kappa shape index (κ3) is 1.92. The molecule has 1 atom stereocenters. The second-order valence-electron chi connectivity index (χ2n) is 3.98. The summed E-state index contributed by atoms with van der Waals surface area (Å²) in [6.07, 6.45) is 3.45. The number of nitrogens with two attached hydrogens (primary N) is 1. The van der Waals surface area contributed by atoms with Crippen LogP contribution in [0.2, 0.25) is 0 Å². The topological polar surface area (TPSA) is 85.2 Å². The van der Waals surface area contributed by atoms with Crippen LogP contribution >= 0.6 is 0 Å². The maximum atomic E-state index is 5.59. The minimum atomic E-state index is -0.198. The minimum Gasteiger partial charge on any atom is -0.486 e. The number of benzene rings is 1. The van der Waals surface area contributed by atoms with Crippen molar-refractivity contribution in [2.75, 3.05) is 13.2 Å². The molecule has 1 aromatic heterocycles. The Kier molecular flexibility index (Phi) is 2.87. The molecule has 0 aliphatic carbocycles. The SMILES string of the molecule is NNC(c1ccc2c(c1)OCCO2)c1ncc[nH]1. The molecule has 1 aliphatic rings. The third-order valence-corrected chi connectivity index (χ3v) is 2.86. The van der Waals surface area contributed by atoms with E-state index >= 15 is 0 Å². The molecule has 1 unspecified atom stereocenters. The number of hydrogen-bond donors (Lipinski definition) is 3. The number of nitrogens with one attached hydrogen (secondary N) is 2. The van der Waals surface area contributed by atoms with Crippen LogP contribution in [-0.4, -0.2) is 23.2 Å². The fourth-order valence-electron chi connectivity index (χ4n) is 2.01. The summed E-state index contributed by atoms with van der Waals surface area (Å²) in [4.78, 5) is 7.25. The van der Waals surface area contributed by atoms with Gasteiger partial charge in [0, 0.05) is 12.4 Å². The molecule has 0 amide bonds. The molecule has 0 radical (unpaired) electrons. The van der Waals surface area contributed by atoms with Crippen molar-refractivity contribution in [3.8, 4) is 11.5 Å². The van der Waals surface area contributed by atoms with Crippen LogP contribution in [0.15, 0.2) is 30.6 Å². The molecule has 1 aliphatic heterocycles. The summed E-state index contributed by atoms with van der Waals surface area (Å²) < 4.78 is 11.0. The first-order valence-corrected chi connectivity index (χ1v) is 5.73. The summed E-state index contributed by atoms with van der Waals surface area (Å²) in [5, 5.41) is 0. The van der Waals surface area contributed by atoms with E-state index in [-0.39, 0.29) is 6.04 Å². The third-order valence-electron chi connectivity index (χ3n) is 2.86. The number of nitrogens with zero attached hydrogens (tertiary/aromatic N) is 1. The lowest BCUT2D eigenvalue weighted by atomic mass is 10.1. The van der Waals surface area contributed by atoms with E-state index in [9.17, 15) is 0 Å². The second-order valence-corrected chi connectivity index (χ2v) is 3.98. The van der Waals surface area contributed by atoms with Crippen LogP contribution in [0.3, 0.4) is 0 Å². The molecule has 4 N–H and O–H groups in total. The summed E-state index contributed by atoms with van der Waals surface area (Å²) in [7, 11) is 0. The zero-order valence-electron chi connectivity index (χ0n) is 9.72. The van der Waals surface area contributed by atoms with Crippen molar-refractivity contribution in [1.29, 1.82) is 0 Å². The van der Waals surface area contributed by atoms with Gasteiger partial charge in [-0.3, -0.25) is 5.84 Å². The van der Waals surface area contributed by atoms with Crippen LogP contribution < -0.4 is 20.7 Å². The summed E-state index contributed by atoms with van der Waals surface area (Å²) in [5.41, 5.74) is 3.71. The predicted molar refractivity (Wildman–Crippen MR) is 65.2 cm³/mol. The van der Waals surface area contributed by atoms with Gasteiger partial charge in [-0.2, -0.15) is 0 Å². The second kappa shape index (κ2) is 4.67. The molecule has 0 saturated heterocycles. The lowest BCUT2D eigenvalue weighted by molar-refractivity contribution is 0.171. The van der Waals surface area contributed by atoms with E-state index in [1.807, 2.05) is 18.2 Å². The summed E-state index contributed by atoms with van der Waals surface area (Å²) in [6, 6.07) is 5.55. The van der Waals surface area contributed by atoms with E-state index in [1.165, 1.54) is 0 Å². The first kappa shape index (κ1) is 11.1. The number of ether oxygens (including phenoxy) is 2. The molecule has 1 aromatic carbocycles. The number of H-pyrrole nitrogens is 1. The Morgan fingerprint density at radius 3 is 2.83 bits per heavy atom. The van der Waals surface area contributed by atoms with Crippen molar-refractivity contribution in [3.63, 3.8) is 0 Å². The van der Waals surface area contributed by atoms with Crippen LogP contribution in [0.5, 0.6) is 11.5 Å². The maximum absolute atomic E-state index is 5.59. The largest absolute Gasteiger partial charge is 0.486 e. The van der Waals surface area contributed by atoms with Gasteiger partial charge in [0.2, 0.25) is 0 Å². The molecule has 3 rings (SSSR count). The van der Waals surface area contributed by atoms with Gasteiger partial charge in [0.25, 0.3) is 0 Å². The molecular formula is C12H14N4O2. The molecule has 0 saturated carbocycles. The van der Waals surface area contributed by atoms with Crippen molar-refractivity contribution in [2.45, 2.75) is 6.04 Å². The van der Waals surface area contributed by atoms with E-state index in [1.54, 1.807) is 12.4 Å². The van der Waals surface area contributed by atoms with Crippen LogP contribution in [-0.2, 0) is 0 Å². The number of hydrogen-bond acceptors (Lipinski definition) is 5. The molecule has 0 bridgehead atoms. The highest BCUT2D eigenvalue weighted by molar-refractivity contribution is 5.45. The van der Waals surface area contributed by atoms with Crippen molar-refractivity contribution in [2.24, 2.45) is 5.84 Å². The van der Waals surface area contributed by atoms with Gasteiger partial charge >= 0.3 is 0 Å². The smallest absolute Gasteiger partial charge is 0.161 e. The Balaban J connectivity index is 1.95. The molecule has 0 spiro atoms. The van der Waals surface area contributed by atoms with E-state index < -0.39 is 0 Å². The number of hydrazine groups is 1. The lowest BCUT2D eigenvalue weighted by Crippen LogP contribution is -2.29. The van der Waals surface area contributed by atoms with Crippen molar-refractivity contribution in [1.82, 2.24) is 15.4 Å². The van der Waals surface area contributed by atoms with Gasteiger partial charge in [-0.15, -0.1) is 0 Å². The van der Waals surface area contributed by atoms with E-state index in [4.69, 9.17) is 15.3 Å². The van der Waals surface area contributed by atoms with Gasteiger partial charge in [0.1, 0.15) is 25.1 Å². The maximum Gasteiger partial charge on any atom is 0.161 e. The molecule has 0 fully saturated rings. The zero-order valence-corrected chi connectivity index (χ0v) is 9.72. The Bertz CT molecular complexity index is 527. The molecular weight excluding hydrogens is 232 g/mol. The minimum absolute atomic E-state index is 0.198. The van der Waals surface area contributed by atoms with Crippen LogP contribution in [0, 0.1) is 0 Å². The normalized spacial score (nSPS) is 15.4. The zero-order chi connectivity index (χ0) is 12.4. The van der Waals surface area contributed by atoms with Gasteiger partial charge in [-0.1, -0.05) is 6.07 Å². The van der Waals surface area contributed by atoms with Crippen molar-refractivity contribution >= 4 is 0 Å². The van der Waals surface area contributed by atoms with E-state index in [0.717, 1.165) is 22.9 Å². The van der Waals surface area contributed by atoms with Crippen LogP contribution in [0.1, 0.15) is 17.4 Å². The Hall–Kier alpha value is -2.05. The van der Waals surface area contributed by atoms with Crippen LogP contribution in [0.4, 0.5) is 0 Å². The number of fused-ring (bicyclic) bond motifs is 1. The summed E-state index contributed by atoms with van der Waals surface area (Å²) >= 11 is 0. The Morgan fingerprint density at radius 1 is 1.28 bits per heavy atom. The van der Waals surface area contributed by atoms with Crippen LogP contribution in [0.25, 0.3) is 0 Å². The van der Waals surface area contributed by atoms with E-state index in [0.29, 0.717) is 13.2 Å². The Morgan fingerprint density at radius 2 is 2.11 bits per heavy atom. The number of aromatic amines is 1. The molecule has 2 heterocycles. The highest BCUT2D eigenvalue weighted by atomic mass is 16.6. The Labute approximate surface area is 104 Å². The number of aromatic nitrogens is 2. The fraction of sp³-hybridized carbons (Fsp3) is 0.250. The summed E-state index contributed by atoms with van der Waals surface area (Å²) in [5.74, 6) is 7.85. The standard InChI is InChI=1S/C12H14N4O2/c13-16-11(12-14-3-4-15-12)8-1-2-9-10(7-8)18-6-5-17-9/h1-4,7,11,16H,5-6,13H2,(H,14,15). The summed E-state index contributed by atoms with van der Waals surface area (Å²) in [6.45, 7) is 1.15. The fourth-order valence-corrected chi connectivity index (χ4v) is 2.01. The van der Waals surface area contributed by atoms with E-state index in [2.05, 4.69) is 15.4 Å². The quantitative estimate of drug-likeness (QED) is 0.549. The highest BCUT2D eigenvalue weighted by Crippen LogP contribution is 2.33. The highest BCUT2D eigenvalue weighted by Gasteiger charge is 2.18. The molecule has 94 valence electrons. The molecule has 6 nitrogen and oxygen atoms in total. The average molecular weight is 246 g/mol.